The van der Waals surface area contributed by atoms with E-state index in [1.54, 1.807) is 0 Å². The third-order valence-electron chi connectivity index (χ3n) is 1.53. The largest absolute Gasteiger partial charge is 0.491 e. The van der Waals surface area contributed by atoms with E-state index in [4.69, 9.17) is 16.3 Å². The van der Waals surface area contributed by atoms with E-state index in [0.29, 0.717) is 12.0 Å². The highest BCUT2D eigenvalue weighted by Gasteiger charge is 2.09. The average Bonchev–Trinajstić information content (AvgIpc) is 2.10. The molecule has 0 bridgehead atoms. The van der Waals surface area contributed by atoms with E-state index in [9.17, 15) is 9.18 Å². The minimum atomic E-state index is -0.710. The second-order valence-electron chi connectivity index (χ2n) is 3.09. The van der Waals surface area contributed by atoms with Crippen molar-refractivity contribution in [3.8, 4) is 5.75 Å². The van der Waals surface area contributed by atoms with Crippen LogP contribution in [0.5, 0.6) is 5.75 Å². The topological polar surface area (TPSA) is 26.3 Å². The summed E-state index contributed by atoms with van der Waals surface area (Å²) < 4.78 is 18.4. The third-order valence-corrected chi connectivity index (χ3v) is 1.80. The number of aldehydes is 1. The highest BCUT2D eigenvalue weighted by molar-refractivity contribution is 6.31. The zero-order valence-electron chi connectivity index (χ0n) is 7.88. The van der Waals surface area contributed by atoms with Gasteiger partial charge in [0.2, 0.25) is 0 Å². The molecule has 0 amide bonds. The standard InChI is InChI=1S/C10H10ClFO2/c1-6(2)14-8-3-7(5-13)10(12)9(11)4-8/h3-6H,1-2H3. The van der Waals surface area contributed by atoms with Gasteiger partial charge in [-0.15, -0.1) is 0 Å². The van der Waals surface area contributed by atoms with Gasteiger partial charge in [-0.3, -0.25) is 4.79 Å². The van der Waals surface area contributed by atoms with Crippen molar-refractivity contribution in [3.05, 3.63) is 28.5 Å². The summed E-state index contributed by atoms with van der Waals surface area (Å²) in [5.41, 5.74) is -0.0897. The van der Waals surface area contributed by atoms with Gasteiger partial charge in [-0.05, 0) is 19.9 Å². The van der Waals surface area contributed by atoms with Crippen molar-refractivity contribution in [3.63, 3.8) is 0 Å². The molecule has 1 aromatic rings. The number of rotatable bonds is 3. The molecule has 1 rings (SSSR count). The van der Waals surface area contributed by atoms with Crippen LogP contribution in [-0.4, -0.2) is 12.4 Å². The molecular formula is C10H10ClFO2. The Kier molecular flexibility index (Phi) is 3.47. The van der Waals surface area contributed by atoms with E-state index in [-0.39, 0.29) is 16.7 Å². The lowest BCUT2D eigenvalue weighted by Gasteiger charge is -2.10. The van der Waals surface area contributed by atoms with Crippen molar-refractivity contribution in [2.75, 3.05) is 0 Å². The highest BCUT2D eigenvalue weighted by atomic mass is 35.5. The van der Waals surface area contributed by atoms with Crippen LogP contribution in [0.2, 0.25) is 5.02 Å². The van der Waals surface area contributed by atoms with Crippen LogP contribution in [0.3, 0.4) is 0 Å². The first-order valence-corrected chi connectivity index (χ1v) is 4.53. The number of hydrogen-bond donors (Lipinski definition) is 0. The third kappa shape index (κ3) is 2.45. The minimum absolute atomic E-state index is 0.0453. The number of hydrogen-bond acceptors (Lipinski definition) is 2. The van der Waals surface area contributed by atoms with Crippen LogP contribution in [0.1, 0.15) is 24.2 Å². The molecule has 0 unspecified atom stereocenters. The normalized spacial score (nSPS) is 10.4. The Hall–Kier alpha value is -1.09. The molecule has 0 atom stereocenters. The summed E-state index contributed by atoms with van der Waals surface area (Å²) in [6.45, 7) is 3.66. The number of carbonyl (C=O) groups excluding carboxylic acids is 1. The maximum absolute atomic E-state index is 13.1. The quantitative estimate of drug-likeness (QED) is 0.726. The molecule has 0 spiro atoms. The van der Waals surface area contributed by atoms with Gasteiger partial charge in [-0.2, -0.15) is 0 Å². The molecule has 0 saturated carbocycles. The van der Waals surface area contributed by atoms with Gasteiger partial charge in [0.15, 0.2) is 12.1 Å². The van der Waals surface area contributed by atoms with Gasteiger partial charge < -0.3 is 4.74 Å². The molecule has 0 aliphatic heterocycles. The van der Waals surface area contributed by atoms with Crippen LogP contribution in [0, 0.1) is 5.82 Å². The summed E-state index contributed by atoms with van der Waals surface area (Å²) >= 11 is 5.57. The molecule has 4 heteroatoms. The van der Waals surface area contributed by atoms with Gasteiger partial charge in [0.05, 0.1) is 16.7 Å². The number of halogens is 2. The molecule has 0 fully saturated rings. The SMILES string of the molecule is CC(C)Oc1cc(Cl)c(F)c(C=O)c1. The summed E-state index contributed by atoms with van der Waals surface area (Å²) in [6, 6.07) is 2.68. The monoisotopic (exact) mass is 216 g/mol. The zero-order valence-corrected chi connectivity index (χ0v) is 8.64. The summed E-state index contributed by atoms with van der Waals surface area (Å²) in [4.78, 5) is 10.5. The lowest BCUT2D eigenvalue weighted by Crippen LogP contribution is -2.06. The van der Waals surface area contributed by atoms with Gasteiger partial charge in [0.1, 0.15) is 5.75 Å². The predicted octanol–water partition coefficient (Wildman–Crippen LogP) is 3.08. The Balaban J connectivity index is 3.09. The first kappa shape index (κ1) is 11.0. The first-order valence-electron chi connectivity index (χ1n) is 4.15. The first-order chi connectivity index (χ1) is 6.54. The molecule has 0 N–H and O–H groups in total. The molecule has 2 nitrogen and oxygen atoms in total. The van der Waals surface area contributed by atoms with Crippen molar-refractivity contribution in [2.24, 2.45) is 0 Å². The fourth-order valence-corrected chi connectivity index (χ4v) is 1.23. The van der Waals surface area contributed by atoms with Crippen LogP contribution in [0.25, 0.3) is 0 Å². The molecule has 0 aliphatic carbocycles. The number of carbonyl (C=O) groups is 1. The highest BCUT2D eigenvalue weighted by Crippen LogP contribution is 2.25. The maximum atomic E-state index is 13.1. The molecule has 0 aromatic heterocycles. The molecule has 1 aromatic carbocycles. The summed E-state index contributed by atoms with van der Waals surface area (Å²) in [5.74, 6) is -0.314. The average molecular weight is 217 g/mol. The molecular weight excluding hydrogens is 207 g/mol. The van der Waals surface area contributed by atoms with Crippen LogP contribution in [0.15, 0.2) is 12.1 Å². The fraction of sp³-hybridized carbons (Fsp3) is 0.300. The molecule has 0 saturated heterocycles. The Morgan fingerprint density at radius 3 is 2.64 bits per heavy atom. The molecule has 14 heavy (non-hydrogen) atoms. The number of ether oxygens (including phenoxy) is 1. The zero-order chi connectivity index (χ0) is 10.7. The van der Waals surface area contributed by atoms with Gasteiger partial charge in [-0.1, -0.05) is 11.6 Å². The van der Waals surface area contributed by atoms with Crippen molar-refractivity contribution in [1.29, 1.82) is 0 Å². The van der Waals surface area contributed by atoms with E-state index in [2.05, 4.69) is 0 Å². The van der Waals surface area contributed by atoms with Crippen molar-refractivity contribution in [2.45, 2.75) is 20.0 Å². The van der Waals surface area contributed by atoms with Gasteiger partial charge in [0, 0.05) is 6.07 Å². The van der Waals surface area contributed by atoms with Gasteiger partial charge in [-0.25, -0.2) is 4.39 Å². The maximum Gasteiger partial charge on any atom is 0.153 e. The van der Waals surface area contributed by atoms with E-state index in [1.165, 1.54) is 12.1 Å². The van der Waals surface area contributed by atoms with Gasteiger partial charge >= 0.3 is 0 Å². The lowest BCUT2D eigenvalue weighted by atomic mass is 10.2. The Morgan fingerprint density at radius 2 is 2.14 bits per heavy atom. The Bertz CT molecular complexity index is 350. The van der Waals surface area contributed by atoms with Crippen LogP contribution >= 0.6 is 11.6 Å². The molecule has 76 valence electrons. The van der Waals surface area contributed by atoms with E-state index in [1.807, 2.05) is 13.8 Å². The van der Waals surface area contributed by atoms with Crippen LogP contribution in [0.4, 0.5) is 4.39 Å². The summed E-state index contributed by atoms with van der Waals surface area (Å²) in [7, 11) is 0. The van der Waals surface area contributed by atoms with E-state index in [0.717, 1.165) is 0 Å². The Morgan fingerprint density at radius 1 is 1.50 bits per heavy atom. The molecule has 0 heterocycles. The van der Waals surface area contributed by atoms with Crippen molar-refractivity contribution in [1.82, 2.24) is 0 Å². The minimum Gasteiger partial charge on any atom is -0.491 e. The van der Waals surface area contributed by atoms with E-state index >= 15 is 0 Å². The number of benzene rings is 1. The Labute approximate surface area is 86.6 Å². The summed E-state index contributed by atoms with van der Waals surface area (Å²) in [5, 5.41) is -0.106. The van der Waals surface area contributed by atoms with E-state index < -0.39 is 5.82 Å². The van der Waals surface area contributed by atoms with Crippen molar-refractivity contribution < 1.29 is 13.9 Å². The smallest absolute Gasteiger partial charge is 0.153 e. The second-order valence-corrected chi connectivity index (χ2v) is 3.50. The van der Waals surface area contributed by atoms with Gasteiger partial charge in [0.25, 0.3) is 0 Å². The fourth-order valence-electron chi connectivity index (χ4n) is 1.01. The molecule has 0 aliphatic rings. The van der Waals surface area contributed by atoms with Crippen LogP contribution in [-0.2, 0) is 0 Å². The second kappa shape index (κ2) is 4.42. The molecule has 0 radical (unpaired) electrons. The predicted molar refractivity (Wildman–Crippen MR) is 52.6 cm³/mol. The summed E-state index contributed by atoms with van der Waals surface area (Å²) in [6.07, 6.45) is 0.366. The van der Waals surface area contributed by atoms with Crippen molar-refractivity contribution >= 4 is 17.9 Å². The lowest BCUT2D eigenvalue weighted by molar-refractivity contribution is 0.111. The van der Waals surface area contributed by atoms with Crippen LogP contribution < -0.4 is 4.74 Å².